The van der Waals surface area contributed by atoms with Gasteiger partial charge in [0.1, 0.15) is 29.7 Å². The van der Waals surface area contributed by atoms with Gasteiger partial charge in [-0.2, -0.15) is 5.26 Å². The van der Waals surface area contributed by atoms with Gasteiger partial charge in [0.2, 0.25) is 0 Å². The summed E-state index contributed by atoms with van der Waals surface area (Å²) in [5, 5.41) is 13.4. The molecule has 0 radical (unpaired) electrons. The number of hydrogen-bond donors (Lipinski definition) is 1. The average molecular weight is 560 g/mol. The standard InChI is InChI=1S/C26H21BrCl2N2O3/c1-16(2)34-25-10-4-20(27)12-18(25)11-19(14-30)26(32)31-22-6-8-23(9-7-22)33-15-17-3-5-21(28)13-24(17)29/h3-13,16H,15H2,1-2H3,(H,31,32)/b19-11+. The van der Waals surface area contributed by atoms with Crippen LogP contribution in [0.3, 0.4) is 0 Å². The van der Waals surface area contributed by atoms with Crippen molar-refractivity contribution in [2.45, 2.75) is 26.6 Å². The van der Waals surface area contributed by atoms with E-state index < -0.39 is 5.91 Å². The Morgan fingerprint density at radius 3 is 2.50 bits per heavy atom. The number of carbonyl (C=O) groups excluding carboxylic acids is 1. The average Bonchev–Trinajstić information content (AvgIpc) is 2.79. The van der Waals surface area contributed by atoms with Gasteiger partial charge < -0.3 is 14.8 Å². The SMILES string of the molecule is CC(C)Oc1ccc(Br)cc1/C=C(\C#N)C(=O)Nc1ccc(OCc2ccc(Cl)cc2Cl)cc1. The van der Waals surface area contributed by atoms with Crippen LogP contribution in [-0.2, 0) is 11.4 Å². The zero-order valence-corrected chi connectivity index (χ0v) is 21.5. The molecule has 1 N–H and O–H groups in total. The van der Waals surface area contributed by atoms with E-state index in [1.165, 1.54) is 6.08 Å². The zero-order chi connectivity index (χ0) is 24.7. The van der Waals surface area contributed by atoms with Crippen LogP contribution in [0.25, 0.3) is 6.08 Å². The number of anilines is 1. The Morgan fingerprint density at radius 1 is 1.12 bits per heavy atom. The third-order valence-electron chi connectivity index (χ3n) is 4.52. The van der Waals surface area contributed by atoms with E-state index in [1.54, 1.807) is 54.6 Å². The number of halogens is 3. The quantitative estimate of drug-likeness (QED) is 0.227. The third kappa shape index (κ3) is 7.26. The molecule has 3 aromatic rings. The zero-order valence-electron chi connectivity index (χ0n) is 18.4. The van der Waals surface area contributed by atoms with E-state index in [2.05, 4.69) is 21.2 Å². The molecule has 0 aliphatic rings. The molecule has 3 aromatic carbocycles. The Kier molecular flexibility index (Phi) is 9.00. The van der Waals surface area contributed by atoms with Crippen LogP contribution >= 0.6 is 39.1 Å². The summed E-state index contributed by atoms with van der Waals surface area (Å²) in [7, 11) is 0. The second kappa shape index (κ2) is 11.9. The second-order valence-corrected chi connectivity index (χ2v) is 9.28. The van der Waals surface area contributed by atoms with Crippen molar-refractivity contribution in [3.05, 3.63) is 91.9 Å². The lowest BCUT2D eigenvalue weighted by molar-refractivity contribution is -0.112. The molecule has 0 saturated heterocycles. The number of amides is 1. The predicted octanol–water partition coefficient (Wildman–Crippen LogP) is 7.67. The van der Waals surface area contributed by atoms with Gasteiger partial charge in [-0.3, -0.25) is 4.79 Å². The van der Waals surface area contributed by atoms with Crippen LogP contribution in [0.4, 0.5) is 5.69 Å². The minimum atomic E-state index is -0.528. The predicted molar refractivity (Wildman–Crippen MR) is 139 cm³/mol. The van der Waals surface area contributed by atoms with Crippen molar-refractivity contribution >= 4 is 56.8 Å². The van der Waals surface area contributed by atoms with Gasteiger partial charge in [0.15, 0.2) is 0 Å². The molecule has 0 saturated carbocycles. The van der Waals surface area contributed by atoms with Gasteiger partial charge in [-0.1, -0.05) is 45.2 Å². The molecular weight excluding hydrogens is 539 g/mol. The van der Waals surface area contributed by atoms with Crippen molar-refractivity contribution in [2.24, 2.45) is 0 Å². The van der Waals surface area contributed by atoms with E-state index in [0.29, 0.717) is 32.8 Å². The Labute approximate surface area is 217 Å². The normalized spacial score (nSPS) is 11.1. The molecule has 1 amide bonds. The fourth-order valence-corrected chi connectivity index (χ4v) is 3.77. The lowest BCUT2D eigenvalue weighted by atomic mass is 10.1. The number of nitrogens with zero attached hydrogens (tertiary/aromatic N) is 1. The molecule has 0 bridgehead atoms. The first-order valence-electron chi connectivity index (χ1n) is 10.3. The Bertz CT molecular complexity index is 1250. The molecule has 174 valence electrons. The van der Waals surface area contributed by atoms with Crippen LogP contribution in [0.5, 0.6) is 11.5 Å². The molecule has 0 heterocycles. The van der Waals surface area contributed by atoms with Crippen molar-refractivity contribution < 1.29 is 14.3 Å². The van der Waals surface area contributed by atoms with E-state index >= 15 is 0 Å². The molecule has 0 spiro atoms. The van der Waals surface area contributed by atoms with Crippen molar-refractivity contribution in [1.82, 2.24) is 0 Å². The molecule has 0 atom stereocenters. The van der Waals surface area contributed by atoms with Gasteiger partial charge in [-0.25, -0.2) is 0 Å². The molecule has 5 nitrogen and oxygen atoms in total. The number of nitriles is 1. The summed E-state index contributed by atoms with van der Waals surface area (Å²) in [6, 6.07) is 19.4. The summed E-state index contributed by atoms with van der Waals surface area (Å²) in [6.07, 6.45) is 1.45. The molecule has 0 fully saturated rings. The number of hydrogen-bond acceptors (Lipinski definition) is 4. The maximum Gasteiger partial charge on any atom is 0.266 e. The van der Waals surface area contributed by atoms with Gasteiger partial charge in [-0.15, -0.1) is 0 Å². The van der Waals surface area contributed by atoms with Crippen LogP contribution in [-0.4, -0.2) is 12.0 Å². The van der Waals surface area contributed by atoms with Gasteiger partial charge in [0.25, 0.3) is 5.91 Å². The molecule has 8 heteroatoms. The highest BCUT2D eigenvalue weighted by Crippen LogP contribution is 2.27. The first kappa shape index (κ1) is 25.6. The van der Waals surface area contributed by atoms with Gasteiger partial charge >= 0.3 is 0 Å². The highest BCUT2D eigenvalue weighted by atomic mass is 79.9. The van der Waals surface area contributed by atoms with Crippen LogP contribution in [0.15, 0.2) is 70.7 Å². The Balaban J connectivity index is 1.68. The number of nitrogens with one attached hydrogen (secondary N) is 1. The topological polar surface area (TPSA) is 71.3 Å². The van der Waals surface area contributed by atoms with E-state index in [9.17, 15) is 10.1 Å². The largest absolute Gasteiger partial charge is 0.490 e. The highest BCUT2D eigenvalue weighted by Gasteiger charge is 2.13. The van der Waals surface area contributed by atoms with E-state index in [1.807, 2.05) is 26.0 Å². The minimum absolute atomic E-state index is 0.0515. The van der Waals surface area contributed by atoms with Gasteiger partial charge in [0.05, 0.1) is 6.10 Å². The molecule has 0 aromatic heterocycles. The minimum Gasteiger partial charge on any atom is -0.490 e. The Morgan fingerprint density at radius 2 is 1.85 bits per heavy atom. The van der Waals surface area contributed by atoms with E-state index in [0.717, 1.165) is 10.0 Å². The van der Waals surface area contributed by atoms with E-state index in [4.69, 9.17) is 32.7 Å². The third-order valence-corrected chi connectivity index (χ3v) is 5.60. The molecule has 3 rings (SSSR count). The smallest absolute Gasteiger partial charge is 0.266 e. The first-order chi connectivity index (χ1) is 16.2. The monoisotopic (exact) mass is 558 g/mol. The van der Waals surface area contributed by atoms with Crippen molar-refractivity contribution in [1.29, 1.82) is 5.26 Å². The van der Waals surface area contributed by atoms with Crippen LogP contribution in [0, 0.1) is 11.3 Å². The summed E-state index contributed by atoms with van der Waals surface area (Å²) in [4.78, 5) is 12.7. The highest BCUT2D eigenvalue weighted by molar-refractivity contribution is 9.10. The molecule has 0 unspecified atom stereocenters. The van der Waals surface area contributed by atoms with Crippen LogP contribution in [0.1, 0.15) is 25.0 Å². The summed E-state index contributed by atoms with van der Waals surface area (Å²) >= 11 is 15.5. The van der Waals surface area contributed by atoms with Gasteiger partial charge in [-0.05, 0) is 74.5 Å². The first-order valence-corrected chi connectivity index (χ1v) is 11.9. The Hall–Kier alpha value is -2.98. The van der Waals surface area contributed by atoms with Crippen molar-refractivity contribution in [3.63, 3.8) is 0 Å². The van der Waals surface area contributed by atoms with Crippen LogP contribution < -0.4 is 14.8 Å². The van der Waals surface area contributed by atoms with Crippen molar-refractivity contribution in [3.8, 4) is 17.6 Å². The summed E-state index contributed by atoms with van der Waals surface area (Å²) in [5.74, 6) is 0.658. The lowest BCUT2D eigenvalue weighted by Gasteiger charge is -2.13. The maximum atomic E-state index is 12.7. The number of benzene rings is 3. The molecule has 34 heavy (non-hydrogen) atoms. The van der Waals surface area contributed by atoms with E-state index in [-0.39, 0.29) is 18.3 Å². The maximum absolute atomic E-state index is 12.7. The summed E-state index contributed by atoms with van der Waals surface area (Å²) in [5.41, 5.74) is 1.90. The summed E-state index contributed by atoms with van der Waals surface area (Å²) < 4.78 is 12.4. The molecule has 0 aliphatic carbocycles. The van der Waals surface area contributed by atoms with Crippen LogP contribution in [0.2, 0.25) is 10.0 Å². The number of rotatable bonds is 8. The number of carbonyl (C=O) groups is 1. The molecule has 0 aliphatic heterocycles. The summed E-state index contributed by atoms with van der Waals surface area (Å²) in [6.45, 7) is 4.09. The van der Waals surface area contributed by atoms with Gasteiger partial charge in [0, 0.05) is 31.3 Å². The second-order valence-electron chi connectivity index (χ2n) is 7.52. The fraction of sp³-hybridized carbons (Fsp3) is 0.154. The lowest BCUT2D eigenvalue weighted by Crippen LogP contribution is -2.13. The number of ether oxygens (including phenoxy) is 2. The van der Waals surface area contributed by atoms with Crippen molar-refractivity contribution in [2.75, 3.05) is 5.32 Å². The molecular formula is C26H21BrCl2N2O3. The fourth-order valence-electron chi connectivity index (χ4n) is 2.93.